The Labute approximate surface area is 37.5 Å². The molecule has 0 spiro atoms. The summed E-state index contributed by atoms with van der Waals surface area (Å²) in [6, 6.07) is 0. The molecule has 0 aliphatic carbocycles. The third kappa shape index (κ3) is 3.89. The fraction of sp³-hybridized carbons (Fsp3) is 0.750. The molecule has 0 fully saturated rings. The Morgan fingerprint density at radius 3 is 2.50 bits per heavy atom. The summed E-state index contributed by atoms with van der Waals surface area (Å²) in [7, 11) is 4.80. The van der Waals surface area contributed by atoms with Gasteiger partial charge in [0.15, 0.2) is 0 Å². The van der Waals surface area contributed by atoms with E-state index in [0.717, 1.165) is 0 Å². The molecule has 0 saturated carbocycles. The SMILES string of the molecule is [CH]NCCCF. The van der Waals surface area contributed by atoms with Crippen LogP contribution in [0, 0.1) is 7.05 Å². The van der Waals surface area contributed by atoms with Gasteiger partial charge in [0.2, 0.25) is 0 Å². The number of hydrogen-bond acceptors (Lipinski definition) is 1. The molecule has 0 aromatic carbocycles. The molecule has 0 aromatic heterocycles. The number of hydrogen-bond donors (Lipinski definition) is 1. The maximum atomic E-state index is 11.1. The molecule has 0 bridgehead atoms. The predicted octanol–water partition coefficient (Wildman–Crippen LogP) is 0.604. The van der Waals surface area contributed by atoms with Crippen LogP contribution in [0.15, 0.2) is 0 Å². The van der Waals surface area contributed by atoms with E-state index in [-0.39, 0.29) is 6.67 Å². The lowest BCUT2D eigenvalue weighted by atomic mass is 10.5. The number of alkyl halides is 1. The molecule has 0 atom stereocenters. The second-order valence-corrected chi connectivity index (χ2v) is 0.997. The number of rotatable bonds is 3. The van der Waals surface area contributed by atoms with Crippen molar-refractivity contribution < 1.29 is 4.39 Å². The van der Waals surface area contributed by atoms with Gasteiger partial charge in [0, 0.05) is 7.05 Å². The third-order valence-corrected chi connectivity index (χ3v) is 0.455. The van der Waals surface area contributed by atoms with Crippen LogP contribution in [0.5, 0.6) is 0 Å². The van der Waals surface area contributed by atoms with E-state index in [0.29, 0.717) is 13.0 Å². The summed E-state index contributed by atoms with van der Waals surface area (Å²) in [4.78, 5) is 0. The van der Waals surface area contributed by atoms with Gasteiger partial charge in [-0.25, -0.2) is 0 Å². The second kappa shape index (κ2) is 4.89. The summed E-state index contributed by atoms with van der Waals surface area (Å²) in [6.45, 7) is 0.278. The minimum Gasteiger partial charge on any atom is -0.311 e. The molecule has 0 aromatic rings. The van der Waals surface area contributed by atoms with Crippen LogP contribution in [-0.4, -0.2) is 13.2 Å². The summed E-state index contributed by atoms with van der Waals surface area (Å²) < 4.78 is 11.1. The van der Waals surface area contributed by atoms with Gasteiger partial charge in [-0.15, -0.1) is 0 Å². The Bertz CT molecular complexity index is 19.5. The first-order valence-corrected chi connectivity index (χ1v) is 1.91. The first-order chi connectivity index (χ1) is 2.91. The maximum Gasteiger partial charge on any atom is 0.0906 e. The Kier molecular flexibility index (Phi) is 4.80. The molecule has 0 aliphatic rings. The molecule has 1 N–H and O–H groups in total. The quantitative estimate of drug-likeness (QED) is 0.394. The lowest BCUT2D eigenvalue weighted by Gasteiger charge is -1.87. The van der Waals surface area contributed by atoms with E-state index in [9.17, 15) is 4.39 Å². The van der Waals surface area contributed by atoms with Crippen LogP contribution in [0.1, 0.15) is 6.42 Å². The van der Waals surface area contributed by atoms with Gasteiger partial charge in [0.25, 0.3) is 0 Å². The van der Waals surface area contributed by atoms with Crippen LogP contribution in [-0.2, 0) is 0 Å². The van der Waals surface area contributed by atoms with Crippen molar-refractivity contribution in [2.24, 2.45) is 0 Å². The van der Waals surface area contributed by atoms with Crippen molar-refractivity contribution in [2.45, 2.75) is 6.42 Å². The van der Waals surface area contributed by atoms with E-state index in [2.05, 4.69) is 5.32 Å². The fourth-order valence-electron chi connectivity index (χ4n) is 0.169. The summed E-state index contributed by atoms with van der Waals surface area (Å²) in [5.41, 5.74) is 0. The molecule has 0 amide bonds. The molecular formula is C4H8FN. The van der Waals surface area contributed by atoms with Gasteiger partial charge in [-0.3, -0.25) is 4.39 Å². The largest absolute Gasteiger partial charge is 0.311 e. The topological polar surface area (TPSA) is 12.0 Å². The molecule has 6 heavy (non-hydrogen) atoms. The van der Waals surface area contributed by atoms with Crippen LogP contribution < -0.4 is 5.32 Å². The third-order valence-electron chi connectivity index (χ3n) is 0.455. The average molecular weight is 89.1 g/mol. The zero-order valence-corrected chi connectivity index (χ0v) is 3.58. The highest BCUT2D eigenvalue weighted by Crippen LogP contribution is 1.73. The average Bonchev–Trinajstić information content (AvgIpc) is 1.61. The number of halogens is 1. The molecule has 36 valence electrons. The van der Waals surface area contributed by atoms with Gasteiger partial charge in [-0.05, 0) is 13.0 Å². The molecule has 0 heterocycles. The van der Waals surface area contributed by atoms with Crippen LogP contribution in [0.3, 0.4) is 0 Å². The lowest BCUT2D eigenvalue weighted by molar-refractivity contribution is 0.469. The zero-order valence-electron chi connectivity index (χ0n) is 3.58. The Morgan fingerprint density at radius 1 is 1.67 bits per heavy atom. The normalized spacial score (nSPS) is 9.00. The minimum atomic E-state index is -0.288. The highest BCUT2D eigenvalue weighted by atomic mass is 19.1. The van der Waals surface area contributed by atoms with E-state index in [1.165, 1.54) is 0 Å². The highest BCUT2D eigenvalue weighted by Gasteiger charge is 1.76. The van der Waals surface area contributed by atoms with Crippen molar-refractivity contribution in [1.29, 1.82) is 0 Å². The van der Waals surface area contributed by atoms with Crippen molar-refractivity contribution in [3.63, 3.8) is 0 Å². The van der Waals surface area contributed by atoms with Crippen molar-refractivity contribution in [3.05, 3.63) is 7.05 Å². The van der Waals surface area contributed by atoms with Gasteiger partial charge >= 0.3 is 0 Å². The monoisotopic (exact) mass is 89.1 g/mol. The van der Waals surface area contributed by atoms with Crippen molar-refractivity contribution in [3.8, 4) is 0 Å². The number of nitrogens with one attached hydrogen (secondary N) is 1. The molecule has 0 rings (SSSR count). The van der Waals surface area contributed by atoms with Gasteiger partial charge in [-0.2, -0.15) is 0 Å². The van der Waals surface area contributed by atoms with E-state index in [4.69, 9.17) is 7.05 Å². The van der Waals surface area contributed by atoms with Gasteiger partial charge in [-0.1, -0.05) is 0 Å². The smallest absolute Gasteiger partial charge is 0.0906 e. The van der Waals surface area contributed by atoms with E-state index in [1.807, 2.05) is 0 Å². The second-order valence-electron chi connectivity index (χ2n) is 0.997. The Morgan fingerprint density at radius 2 is 2.33 bits per heavy atom. The molecular weight excluding hydrogens is 81.0 g/mol. The summed E-state index contributed by atoms with van der Waals surface area (Å²) in [5, 5.41) is 2.33. The van der Waals surface area contributed by atoms with Gasteiger partial charge < -0.3 is 5.32 Å². The molecule has 0 saturated heterocycles. The van der Waals surface area contributed by atoms with Gasteiger partial charge in [0.05, 0.1) is 6.67 Å². The highest BCUT2D eigenvalue weighted by molar-refractivity contribution is 4.39. The van der Waals surface area contributed by atoms with E-state index < -0.39 is 0 Å². The molecule has 1 nitrogen and oxygen atoms in total. The lowest BCUT2D eigenvalue weighted by Crippen LogP contribution is -2.04. The van der Waals surface area contributed by atoms with Crippen LogP contribution in [0.25, 0.3) is 0 Å². The van der Waals surface area contributed by atoms with Crippen LogP contribution in [0.2, 0.25) is 0 Å². The molecule has 2 heteroatoms. The summed E-state index contributed by atoms with van der Waals surface area (Å²) in [6.07, 6.45) is 0.510. The minimum absolute atomic E-state index is 0.288. The van der Waals surface area contributed by atoms with Gasteiger partial charge in [0.1, 0.15) is 0 Å². The van der Waals surface area contributed by atoms with Crippen molar-refractivity contribution in [2.75, 3.05) is 13.2 Å². The van der Waals surface area contributed by atoms with Crippen molar-refractivity contribution >= 4 is 0 Å². The Hall–Kier alpha value is -0.110. The first kappa shape index (κ1) is 5.89. The molecule has 2 radical (unpaired) electrons. The molecule has 0 aliphatic heterocycles. The summed E-state index contributed by atoms with van der Waals surface area (Å²) >= 11 is 0. The van der Waals surface area contributed by atoms with Crippen LogP contribution in [0.4, 0.5) is 4.39 Å². The predicted molar refractivity (Wildman–Crippen MR) is 22.9 cm³/mol. The fourth-order valence-corrected chi connectivity index (χ4v) is 0.169. The zero-order chi connectivity index (χ0) is 4.83. The first-order valence-electron chi connectivity index (χ1n) is 1.91. The maximum absolute atomic E-state index is 11.1. The Balaban J connectivity index is 2.34. The van der Waals surface area contributed by atoms with E-state index in [1.54, 1.807) is 0 Å². The van der Waals surface area contributed by atoms with Crippen molar-refractivity contribution in [1.82, 2.24) is 5.32 Å². The summed E-state index contributed by atoms with van der Waals surface area (Å²) in [5.74, 6) is 0. The van der Waals surface area contributed by atoms with Crippen LogP contribution >= 0.6 is 0 Å². The van der Waals surface area contributed by atoms with E-state index >= 15 is 0 Å². The molecule has 0 unspecified atom stereocenters. The standard InChI is InChI=1S/C4H8FN/c1-6-4-2-3-5/h1,6H,2-4H2.